The molecule has 1 aliphatic heterocycles. The van der Waals surface area contributed by atoms with Gasteiger partial charge in [0.1, 0.15) is 30.2 Å². The van der Waals surface area contributed by atoms with E-state index in [0.717, 1.165) is 12.8 Å². The van der Waals surface area contributed by atoms with E-state index in [1.54, 1.807) is 4.57 Å². The highest BCUT2D eigenvalue weighted by molar-refractivity contribution is 5.81. The fourth-order valence-electron chi connectivity index (χ4n) is 3.16. The van der Waals surface area contributed by atoms with E-state index in [9.17, 15) is 10.2 Å². The Hall–Kier alpha value is -1.81. The summed E-state index contributed by atoms with van der Waals surface area (Å²) in [6, 6.07) is 0. The Labute approximate surface area is 152 Å². The van der Waals surface area contributed by atoms with Gasteiger partial charge in [-0.15, -0.1) is 0 Å². The number of nitrogen functional groups attached to an aromatic ring is 1. The Morgan fingerprint density at radius 1 is 1.15 bits per heavy atom. The quantitative estimate of drug-likeness (QED) is 0.562. The Kier molecular flexibility index (Phi) is 6.36. The second-order valence-electron chi connectivity index (χ2n) is 6.62. The van der Waals surface area contributed by atoms with E-state index in [1.807, 2.05) is 0 Å². The lowest BCUT2D eigenvalue weighted by Crippen LogP contribution is -2.33. The van der Waals surface area contributed by atoms with Gasteiger partial charge in [-0.1, -0.05) is 32.6 Å². The molecule has 0 bridgehead atoms. The van der Waals surface area contributed by atoms with Crippen LogP contribution < -0.4 is 5.73 Å². The lowest BCUT2D eigenvalue weighted by atomic mass is 10.1. The van der Waals surface area contributed by atoms with Crippen molar-refractivity contribution in [2.75, 3.05) is 18.9 Å². The van der Waals surface area contributed by atoms with E-state index in [1.165, 1.54) is 31.9 Å². The number of ether oxygens (including phenoxy) is 2. The van der Waals surface area contributed by atoms with Crippen LogP contribution in [0.5, 0.6) is 0 Å². The number of unbranched alkanes of at least 4 members (excludes halogenated alkanes) is 4. The smallest absolute Gasteiger partial charge is 0.167 e. The van der Waals surface area contributed by atoms with Crippen molar-refractivity contribution in [2.24, 2.45) is 0 Å². The number of hydrogen-bond acceptors (Lipinski definition) is 8. The van der Waals surface area contributed by atoms with Gasteiger partial charge >= 0.3 is 0 Å². The molecule has 0 amide bonds. The molecule has 0 saturated carbocycles. The summed E-state index contributed by atoms with van der Waals surface area (Å²) in [5.41, 5.74) is 6.67. The first kappa shape index (κ1) is 19.0. The third kappa shape index (κ3) is 3.96. The number of aliphatic hydroxyl groups is 2. The molecule has 1 saturated heterocycles. The number of hydrogen-bond donors (Lipinski definition) is 3. The summed E-state index contributed by atoms with van der Waals surface area (Å²) in [6.07, 6.45) is 5.02. The third-order valence-electron chi connectivity index (χ3n) is 4.67. The molecule has 0 aromatic carbocycles. The molecule has 3 rings (SSSR count). The summed E-state index contributed by atoms with van der Waals surface area (Å²) in [7, 11) is 0. The first-order chi connectivity index (χ1) is 12.6. The molecule has 1 aliphatic rings. The molecule has 9 heteroatoms. The van der Waals surface area contributed by atoms with Crippen LogP contribution in [0.1, 0.15) is 45.3 Å². The van der Waals surface area contributed by atoms with Gasteiger partial charge in [-0.05, 0) is 6.42 Å². The Morgan fingerprint density at radius 2 is 1.96 bits per heavy atom. The van der Waals surface area contributed by atoms with Crippen LogP contribution in [-0.2, 0) is 9.47 Å². The monoisotopic (exact) mass is 365 g/mol. The van der Waals surface area contributed by atoms with Crippen LogP contribution in [0, 0.1) is 0 Å². The van der Waals surface area contributed by atoms with E-state index in [4.69, 9.17) is 15.2 Å². The molecule has 1 fully saturated rings. The van der Waals surface area contributed by atoms with Gasteiger partial charge in [0.05, 0.1) is 12.9 Å². The number of aliphatic hydroxyl groups excluding tert-OH is 2. The average molecular weight is 365 g/mol. The van der Waals surface area contributed by atoms with Crippen molar-refractivity contribution in [1.29, 1.82) is 0 Å². The standard InChI is InChI=1S/C17H27N5O4/c1-2-3-4-5-6-7-25-8-11-13(23)14(24)17(26-11)22-10-21-12-15(18)19-9-20-16(12)22/h9-11,13-14,17,23-24H,2-8H2,1H3,(H2,18,19,20)/t11-,13-,14-,17-/m1/s1. The SMILES string of the molecule is CCCCCCCOC[C@H]1O[C@@H](n2cnc3c(N)ncnc32)[C@H](O)[C@@H]1O. The van der Waals surface area contributed by atoms with E-state index in [0.29, 0.717) is 17.8 Å². The van der Waals surface area contributed by atoms with Crippen molar-refractivity contribution < 1.29 is 19.7 Å². The van der Waals surface area contributed by atoms with Gasteiger partial charge in [-0.3, -0.25) is 4.57 Å². The van der Waals surface area contributed by atoms with Crippen molar-refractivity contribution in [3.63, 3.8) is 0 Å². The minimum atomic E-state index is -1.11. The molecule has 2 aromatic rings. The molecular formula is C17H27N5O4. The van der Waals surface area contributed by atoms with E-state index in [-0.39, 0.29) is 12.4 Å². The van der Waals surface area contributed by atoms with Gasteiger partial charge in [0.15, 0.2) is 17.7 Å². The summed E-state index contributed by atoms with van der Waals surface area (Å²) in [4.78, 5) is 12.2. The van der Waals surface area contributed by atoms with Crippen molar-refractivity contribution in [1.82, 2.24) is 19.5 Å². The number of anilines is 1. The number of nitrogens with zero attached hydrogens (tertiary/aromatic N) is 4. The topological polar surface area (TPSA) is 129 Å². The second-order valence-corrected chi connectivity index (χ2v) is 6.62. The fourth-order valence-corrected chi connectivity index (χ4v) is 3.16. The van der Waals surface area contributed by atoms with Gasteiger partial charge in [-0.25, -0.2) is 15.0 Å². The highest BCUT2D eigenvalue weighted by Gasteiger charge is 2.44. The zero-order chi connectivity index (χ0) is 18.5. The first-order valence-electron chi connectivity index (χ1n) is 9.15. The Morgan fingerprint density at radius 3 is 2.77 bits per heavy atom. The van der Waals surface area contributed by atoms with Crippen LogP contribution in [0.4, 0.5) is 5.82 Å². The zero-order valence-corrected chi connectivity index (χ0v) is 15.0. The van der Waals surface area contributed by atoms with Crippen molar-refractivity contribution in [2.45, 2.75) is 63.6 Å². The first-order valence-corrected chi connectivity index (χ1v) is 9.15. The summed E-state index contributed by atoms with van der Waals surface area (Å²) in [6.45, 7) is 3.03. The van der Waals surface area contributed by atoms with Gasteiger partial charge < -0.3 is 25.4 Å². The van der Waals surface area contributed by atoms with Crippen LogP contribution in [-0.4, -0.2) is 61.3 Å². The summed E-state index contributed by atoms with van der Waals surface area (Å²) in [5.74, 6) is 0.254. The normalized spacial score (nSPS) is 26.0. The van der Waals surface area contributed by atoms with Crippen LogP contribution in [0.25, 0.3) is 11.2 Å². The highest BCUT2D eigenvalue weighted by atomic mass is 16.6. The Balaban J connectivity index is 1.56. The van der Waals surface area contributed by atoms with E-state index >= 15 is 0 Å². The van der Waals surface area contributed by atoms with E-state index in [2.05, 4.69) is 21.9 Å². The number of nitrogens with two attached hydrogens (primary N) is 1. The maximum Gasteiger partial charge on any atom is 0.167 e. The number of fused-ring (bicyclic) bond motifs is 1. The summed E-state index contributed by atoms with van der Waals surface area (Å²) in [5, 5.41) is 20.7. The fraction of sp³-hybridized carbons (Fsp3) is 0.706. The van der Waals surface area contributed by atoms with E-state index < -0.39 is 24.5 Å². The minimum absolute atomic E-state index is 0.228. The minimum Gasteiger partial charge on any atom is -0.387 e. The molecule has 144 valence electrons. The Bertz CT molecular complexity index is 710. The molecule has 0 spiro atoms. The predicted octanol–water partition coefficient (Wildman–Crippen LogP) is 1.01. The molecule has 4 N–H and O–H groups in total. The molecule has 0 aliphatic carbocycles. The average Bonchev–Trinajstić information content (AvgIpc) is 3.18. The zero-order valence-electron chi connectivity index (χ0n) is 15.0. The van der Waals surface area contributed by atoms with Gasteiger partial charge in [0.25, 0.3) is 0 Å². The van der Waals surface area contributed by atoms with Crippen LogP contribution in [0.15, 0.2) is 12.7 Å². The van der Waals surface area contributed by atoms with Gasteiger partial charge in [0, 0.05) is 6.61 Å². The van der Waals surface area contributed by atoms with Crippen molar-refractivity contribution in [3.8, 4) is 0 Å². The lowest BCUT2D eigenvalue weighted by Gasteiger charge is -2.16. The molecule has 26 heavy (non-hydrogen) atoms. The number of aromatic nitrogens is 4. The number of rotatable bonds is 9. The van der Waals surface area contributed by atoms with Crippen molar-refractivity contribution in [3.05, 3.63) is 12.7 Å². The van der Waals surface area contributed by atoms with Gasteiger partial charge in [-0.2, -0.15) is 0 Å². The van der Waals surface area contributed by atoms with Crippen molar-refractivity contribution >= 4 is 17.0 Å². The highest BCUT2D eigenvalue weighted by Crippen LogP contribution is 2.32. The molecule has 0 unspecified atom stereocenters. The van der Waals surface area contributed by atoms with Crippen LogP contribution >= 0.6 is 0 Å². The largest absolute Gasteiger partial charge is 0.387 e. The molecule has 0 radical (unpaired) electrons. The predicted molar refractivity (Wildman–Crippen MR) is 95.2 cm³/mol. The maximum absolute atomic E-state index is 10.4. The molecule has 2 aromatic heterocycles. The summed E-state index contributed by atoms with van der Waals surface area (Å²) < 4.78 is 13.0. The third-order valence-corrected chi connectivity index (χ3v) is 4.67. The van der Waals surface area contributed by atoms with Crippen LogP contribution in [0.2, 0.25) is 0 Å². The molecular weight excluding hydrogens is 338 g/mol. The number of imidazole rings is 1. The van der Waals surface area contributed by atoms with Crippen LogP contribution in [0.3, 0.4) is 0 Å². The van der Waals surface area contributed by atoms with Gasteiger partial charge in [0.2, 0.25) is 0 Å². The molecule has 3 heterocycles. The second kappa shape index (κ2) is 8.72. The molecule has 4 atom stereocenters. The maximum atomic E-state index is 10.4. The summed E-state index contributed by atoms with van der Waals surface area (Å²) >= 11 is 0. The lowest BCUT2D eigenvalue weighted by molar-refractivity contribution is -0.0657. The molecule has 9 nitrogen and oxygen atoms in total.